The lowest BCUT2D eigenvalue weighted by molar-refractivity contribution is 0.0978. The van der Waals surface area contributed by atoms with Gasteiger partial charge in [0.25, 0.3) is 5.95 Å². The number of carbonyl (C=O) groups excluding carboxylic acids is 1. The van der Waals surface area contributed by atoms with Crippen LogP contribution in [-0.2, 0) is 0 Å². The lowest BCUT2D eigenvalue weighted by atomic mass is 10.1. The molecule has 0 aliphatic rings. The summed E-state index contributed by atoms with van der Waals surface area (Å²) in [6.07, 6.45) is 1.19. The minimum absolute atomic E-state index is 0.0695. The first-order valence-electron chi connectivity index (χ1n) is 4.97. The molecule has 0 radical (unpaired) electrons. The van der Waals surface area contributed by atoms with Crippen LogP contribution in [0.25, 0.3) is 11.0 Å². The van der Waals surface area contributed by atoms with E-state index in [9.17, 15) is 9.90 Å². The maximum Gasteiger partial charge on any atom is 0.294 e. The molecule has 0 aliphatic heterocycles. The van der Waals surface area contributed by atoms with Crippen molar-refractivity contribution in [2.75, 3.05) is 0 Å². The number of hydrogen-bond acceptors (Lipinski definition) is 3. The van der Waals surface area contributed by atoms with Crippen LogP contribution in [0.4, 0.5) is 0 Å². The Morgan fingerprint density at radius 2 is 2.13 bits per heavy atom. The van der Waals surface area contributed by atoms with Crippen LogP contribution >= 0.6 is 0 Å². The largest absolute Gasteiger partial charge is 0.480 e. The highest BCUT2D eigenvalue weighted by atomic mass is 16.5. The van der Waals surface area contributed by atoms with E-state index in [0.29, 0.717) is 23.0 Å². The topological polar surface area (TPSA) is 50.4 Å². The molecule has 1 heterocycles. The Balaban J connectivity index is 2.58. The van der Waals surface area contributed by atoms with Gasteiger partial charge in [-0.25, -0.2) is 0 Å². The van der Waals surface area contributed by atoms with E-state index >= 15 is 0 Å². The number of carbonyl (C=O) groups is 1. The second-order valence-corrected chi connectivity index (χ2v) is 3.45. The number of Topliss-reactive ketones (excluding diaryl/α,β-unsaturated/α-hetero) is 1. The van der Waals surface area contributed by atoms with Crippen LogP contribution in [0.3, 0.4) is 0 Å². The predicted molar refractivity (Wildman–Crippen MR) is 57.1 cm³/mol. The third kappa shape index (κ3) is 1.61. The molecular weight excluding hydrogens is 192 g/mol. The van der Waals surface area contributed by atoms with Gasteiger partial charge in [0.2, 0.25) is 0 Å². The van der Waals surface area contributed by atoms with E-state index in [-0.39, 0.29) is 11.7 Å². The van der Waals surface area contributed by atoms with E-state index < -0.39 is 0 Å². The summed E-state index contributed by atoms with van der Waals surface area (Å²) in [5, 5.41) is 10.2. The van der Waals surface area contributed by atoms with Gasteiger partial charge in [0, 0.05) is 11.8 Å². The van der Waals surface area contributed by atoms with Crippen LogP contribution in [0.2, 0.25) is 0 Å². The van der Waals surface area contributed by atoms with Crippen LogP contribution in [0.15, 0.2) is 28.7 Å². The average Bonchev–Trinajstić information content (AvgIpc) is 2.54. The van der Waals surface area contributed by atoms with E-state index in [1.54, 1.807) is 18.2 Å². The van der Waals surface area contributed by atoms with E-state index in [4.69, 9.17) is 4.42 Å². The van der Waals surface area contributed by atoms with Crippen molar-refractivity contribution in [2.45, 2.75) is 19.8 Å². The molecule has 1 aromatic carbocycles. The van der Waals surface area contributed by atoms with Crippen molar-refractivity contribution in [3.05, 3.63) is 29.8 Å². The SMILES string of the molecule is CCCC(=O)c1c(O)oc2ccccc12. The normalized spacial score (nSPS) is 10.7. The molecule has 0 saturated heterocycles. The van der Waals surface area contributed by atoms with E-state index in [1.807, 2.05) is 13.0 Å². The van der Waals surface area contributed by atoms with Crippen molar-refractivity contribution in [1.82, 2.24) is 0 Å². The number of hydrogen-bond donors (Lipinski definition) is 1. The summed E-state index contributed by atoms with van der Waals surface area (Å²) in [4.78, 5) is 11.7. The van der Waals surface area contributed by atoms with Gasteiger partial charge in [0.1, 0.15) is 11.1 Å². The van der Waals surface area contributed by atoms with Gasteiger partial charge < -0.3 is 9.52 Å². The molecule has 3 nitrogen and oxygen atoms in total. The summed E-state index contributed by atoms with van der Waals surface area (Å²) in [5.41, 5.74) is 0.863. The average molecular weight is 204 g/mol. The van der Waals surface area contributed by atoms with Crippen LogP contribution in [0.5, 0.6) is 5.95 Å². The van der Waals surface area contributed by atoms with Crippen LogP contribution < -0.4 is 0 Å². The van der Waals surface area contributed by atoms with Gasteiger partial charge in [0.05, 0.1) is 0 Å². The van der Waals surface area contributed by atoms with Crippen molar-refractivity contribution in [2.24, 2.45) is 0 Å². The molecule has 1 N–H and O–H groups in total. The maximum atomic E-state index is 11.7. The Labute approximate surface area is 87.3 Å². The Morgan fingerprint density at radius 1 is 1.40 bits per heavy atom. The van der Waals surface area contributed by atoms with Crippen molar-refractivity contribution in [3.63, 3.8) is 0 Å². The Hall–Kier alpha value is -1.77. The van der Waals surface area contributed by atoms with E-state index in [2.05, 4.69) is 0 Å². The summed E-state index contributed by atoms with van der Waals surface area (Å²) in [7, 11) is 0. The fraction of sp³-hybridized carbons (Fsp3) is 0.250. The number of furan rings is 1. The molecule has 1 aromatic heterocycles. The molecule has 2 aromatic rings. The molecule has 78 valence electrons. The predicted octanol–water partition coefficient (Wildman–Crippen LogP) is 3.12. The first kappa shape index (κ1) is 9.77. The van der Waals surface area contributed by atoms with Crippen molar-refractivity contribution < 1.29 is 14.3 Å². The highest BCUT2D eigenvalue weighted by molar-refractivity contribution is 6.09. The summed E-state index contributed by atoms with van der Waals surface area (Å²) < 4.78 is 5.10. The van der Waals surface area contributed by atoms with Crippen molar-refractivity contribution in [1.29, 1.82) is 0 Å². The van der Waals surface area contributed by atoms with Gasteiger partial charge in [-0.05, 0) is 12.5 Å². The molecule has 0 atom stereocenters. The van der Waals surface area contributed by atoms with Crippen molar-refractivity contribution >= 4 is 16.8 Å². The molecular formula is C12H12O3. The lowest BCUT2D eigenvalue weighted by Gasteiger charge is -1.95. The lowest BCUT2D eigenvalue weighted by Crippen LogP contribution is -1.96. The fourth-order valence-electron chi connectivity index (χ4n) is 1.65. The summed E-state index contributed by atoms with van der Waals surface area (Å²) in [5.74, 6) is -0.338. The van der Waals surface area contributed by atoms with Gasteiger partial charge in [-0.2, -0.15) is 0 Å². The van der Waals surface area contributed by atoms with Gasteiger partial charge in [-0.3, -0.25) is 4.79 Å². The highest BCUT2D eigenvalue weighted by Gasteiger charge is 2.18. The molecule has 0 bridgehead atoms. The van der Waals surface area contributed by atoms with Gasteiger partial charge in [-0.1, -0.05) is 25.1 Å². The number of aromatic hydroxyl groups is 1. The number of rotatable bonds is 3. The fourth-order valence-corrected chi connectivity index (χ4v) is 1.65. The Kier molecular flexibility index (Phi) is 2.46. The number of fused-ring (bicyclic) bond motifs is 1. The summed E-state index contributed by atoms with van der Waals surface area (Å²) >= 11 is 0. The van der Waals surface area contributed by atoms with Crippen LogP contribution in [0, 0.1) is 0 Å². The van der Waals surface area contributed by atoms with Gasteiger partial charge in [-0.15, -0.1) is 0 Å². The Morgan fingerprint density at radius 3 is 2.87 bits per heavy atom. The minimum Gasteiger partial charge on any atom is -0.480 e. The molecule has 0 unspecified atom stereocenters. The first-order chi connectivity index (χ1) is 7.24. The molecule has 3 heteroatoms. The van der Waals surface area contributed by atoms with Crippen LogP contribution in [-0.4, -0.2) is 10.9 Å². The molecule has 0 saturated carbocycles. The zero-order chi connectivity index (χ0) is 10.8. The van der Waals surface area contributed by atoms with Crippen molar-refractivity contribution in [3.8, 4) is 5.95 Å². The van der Waals surface area contributed by atoms with E-state index in [1.165, 1.54) is 0 Å². The van der Waals surface area contributed by atoms with Crippen LogP contribution in [0.1, 0.15) is 30.1 Å². The molecule has 2 rings (SSSR count). The number of ketones is 1. The van der Waals surface area contributed by atoms with Gasteiger partial charge in [0.15, 0.2) is 5.78 Å². The minimum atomic E-state index is -0.269. The maximum absolute atomic E-state index is 11.7. The molecule has 0 amide bonds. The zero-order valence-corrected chi connectivity index (χ0v) is 8.49. The molecule has 0 fully saturated rings. The summed E-state index contributed by atoms with van der Waals surface area (Å²) in [6.45, 7) is 1.93. The zero-order valence-electron chi connectivity index (χ0n) is 8.49. The highest BCUT2D eigenvalue weighted by Crippen LogP contribution is 2.31. The number of para-hydroxylation sites is 1. The molecule has 0 aliphatic carbocycles. The van der Waals surface area contributed by atoms with E-state index in [0.717, 1.165) is 6.42 Å². The second kappa shape index (κ2) is 3.77. The number of benzene rings is 1. The third-order valence-corrected chi connectivity index (χ3v) is 2.33. The molecule has 0 spiro atoms. The Bertz CT molecular complexity index is 497. The van der Waals surface area contributed by atoms with Gasteiger partial charge >= 0.3 is 0 Å². The standard InChI is InChI=1S/C12H12O3/c1-2-5-9(13)11-8-6-3-4-7-10(8)15-12(11)14/h3-4,6-7,14H,2,5H2,1H3. The smallest absolute Gasteiger partial charge is 0.294 e. The monoisotopic (exact) mass is 204 g/mol. The summed E-state index contributed by atoms with van der Waals surface area (Å²) in [6, 6.07) is 7.14. The molecule has 15 heavy (non-hydrogen) atoms. The quantitative estimate of drug-likeness (QED) is 0.781. The first-order valence-corrected chi connectivity index (χ1v) is 4.97. The second-order valence-electron chi connectivity index (χ2n) is 3.45. The third-order valence-electron chi connectivity index (χ3n) is 2.33.